The van der Waals surface area contributed by atoms with E-state index >= 15 is 0 Å². The number of amides is 1. The molecule has 8 nitrogen and oxygen atoms in total. The van der Waals surface area contributed by atoms with Crippen LogP contribution in [0.4, 0.5) is 11.4 Å². The molecular weight excluding hydrogens is 418 g/mol. The molecule has 0 bridgehead atoms. The molecule has 0 aliphatic heterocycles. The van der Waals surface area contributed by atoms with Crippen molar-refractivity contribution in [3.8, 4) is 0 Å². The van der Waals surface area contributed by atoms with Crippen LogP contribution in [0.5, 0.6) is 0 Å². The monoisotopic (exact) mass is 439 g/mol. The van der Waals surface area contributed by atoms with E-state index in [4.69, 9.17) is 11.6 Å². The van der Waals surface area contributed by atoms with Crippen LogP contribution in [0.2, 0.25) is 5.02 Å². The Morgan fingerprint density at radius 2 is 1.90 bits per heavy atom. The Labute approximate surface area is 174 Å². The lowest BCUT2D eigenvalue weighted by Crippen LogP contribution is -2.48. The fourth-order valence-corrected chi connectivity index (χ4v) is 4.15. The van der Waals surface area contributed by atoms with Gasteiger partial charge in [-0.15, -0.1) is 0 Å². The first-order chi connectivity index (χ1) is 13.6. The molecule has 0 heterocycles. The summed E-state index contributed by atoms with van der Waals surface area (Å²) < 4.78 is 25.4. The predicted molar refractivity (Wildman–Crippen MR) is 113 cm³/mol. The molecule has 0 spiro atoms. The van der Waals surface area contributed by atoms with Crippen LogP contribution in [-0.2, 0) is 21.2 Å². The second-order valence-electron chi connectivity index (χ2n) is 6.53. The number of carbonyl (C=O) groups excluding carboxylic acids is 1. The van der Waals surface area contributed by atoms with Crippen molar-refractivity contribution in [2.45, 2.75) is 25.8 Å². The third kappa shape index (κ3) is 6.43. The van der Waals surface area contributed by atoms with Gasteiger partial charge in [-0.3, -0.25) is 19.2 Å². The molecule has 10 heteroatoms. The molecule has 29 heavy (non-hydrogen) atoms. The number of carbonyl (C=O) groups is 1. The van der Waals surface area contributed by atoms with Crippen molar-refractivity contribution in [2.75, 3.05) is 17.1 Å². The van der Waals surface area contributed by atoms with Crippen LogP contribution < -0.4 is 9.62 Å². The molecule has 0 aromatic heterocycles. The van der Waals surface area contributed by atoms with Crippen molar-refractivity contribution in [1.29, 1.82) is 0 Å². The molecule has 1 atom stereocenters. The summed E-state index contributed by atoms with van der Waals surface area (Å²) in [7, 11) is -3.84. The van der Waals surface area contributed by atoms with Gasteiger partial charge in [-0.05, 0) is 43.5 Å². The summed E-state index contributed by atoms with van der Waals surface area (Å²) in [6.45, 7) is 1.80. The van der Waals surface area contributed by atoms with Gasteiger partial charge in [0.15, 0.2) is 0 Å². The second-order valence-corrected chi connectivity index (χ2v) is 8.83. The zero-order chi connectivity index (χ0) is 21.6. The van der Waals surface area contributed by atoms with Crippen LogP contribution in [0.3, 0.4) is 0 Å². The number of nitro benzene ring substituents is 1. The molecular formula is C19H22ClN3O5S. The van der Waals surface area contributed by atoms with Crippen LogP contribution in [0.1, 0.15) is 18.9 Å². The molecule has 0 aliphatic carbocycles. The van der Waals surface area contributed by atoms with E-state index in [0.29, 0.717) is 18.0 Å². The van der Waals surface area contributed by atoms with E-state index in [2.05, 4.69) is 5.32 Å². The number of sulfonamides is 1. The number of benzene rings is 2. The van der Waals surface area contributed by atoms with E-state index in [1.165, 1.54) is 25.1 Å². The molecule has 0 fully saturated rings. The minimum Gasteiger partial charge on any atom is -0.354 e. The van der Waals surface area contributed by atoms with E-state index in [9.17, 15) is 23.3 Å². The SMILES string of the molecule is C[C@@H](C(=O)NCCCc1ccc(Cl)cc1)N(c1cccc([N+](=O)[O-])c1)S(C)(=O)=O. The van der Waals surface area contributed by atoms with Gasteiger partial charge in [-0.2, -0.15) is 0 Å². The number of non-ortho nitro benzene ring substituents is 1. The average Bonchev–Trinajstić information content (AvgIpc) is 2.65. The highest BCUT2D eigenvalue weighted by atomic mass is 35.5. The fourth-order valence-electron chi connectivity index (χ4n) is 2.86. The summed E-state index contributed by atoms with van der Waals surface area (Å²) >= 11 is 5.85. The summed E-state index contributed by atoms with van der Waals surface area (Å²) in [5.74, 6) is -0.488. The van der Waals surface area contributed by atoms with E-state index in [0.717, 1.165) is 28.6 Å². The summed E-state index contributed by atoms with van der Waals surface area (Å²) in [6, 6.07) is 11.5. The van der Waals surface area contributed by atoms with Gasteiger partial charge in [0.25, 0.3) is 5.69 Å². The van der Waals surface area contributed by atoms with Gasteiger partial charge in [-0.1, -0.05) is 29.8 Å². The summed E-state index contributed by atoms with van der Waals surface area (Å²) in [4.78, 5) is 22.9. The second kappa shape index (κ2) is 9.71. The van der Waals surface area contributed by atoms with Gasteiger partial charge in [0, 0.05) is 23.7 Å². The number of hydrogen-bond donors (Lipinski definition) is 1. The van der Waals surface area contributed by atoms with Gasteiger partial charge >= 0.3 is 0 Å². The lowest BCUT2D eigenvalue weighted by Gasteiger charge is -2.28. The largest absolute Gasteiger partial charge is 0.354 e. The van der Waals surface area contributed by atoms with E-state index in [-0.39, 0.29) is 11.4 Å². The summed E-state index contributed by atoms with van der Waals surface area (Å²) in [5, 5.41) is 14.4. The lowest BCUT2D eigenvalue weighted by molar-refractivity contribution is -0.384. The van der Waals surface area contributed by atoms with Gasteiger partial charge in [-0.25, -0.2) is 8.42 Å². The normalized spacial score (nSPS) is 12.2. The van der Waals surface area contributed by atoms with Crippen LogP contribution in [-0.4, -0.2) is 38.1 Å². The van der Waals surface area contributed by atoms with Crippen molar-refractivity contribution in [3.63, 3.8) is 0 Å². The maximum atomic E-state index is 12.5. The van der Waals surface area contributed by atoms with Crippen molar-refractivity contribution < 1.29 is 18.1 Å². The fraction of sp³-hybridized carbons (Fsp3) is 0.316. The highest BCUT2D eigenvalue weighted by Crippen LogP contribution is 2.25. The van der Waals surface area contributed by atoms with Crippen molar-refractivity contribution in [3.05, 3.63) is 69.2 Å². The number of halogens is 1. The number of hydrogen-bond acceptors (Lipinski definition) is 5. The molecule has 2 aromatic carbocycles. The highest BCUT2D eigenvalue weighted by molar-refractivity contribution is 7.92. The standard InChI is InChI=1S/C19H22ClN3O5S/c1-14(19(24)21-12-4-5-15-8-10-16(20)11-9-15)22(29(2,27)28)17-6-3-7-18(13-17)23(25)26/h3,6-11,13-14H,4-5,12H2,1-2H3,(H,21,24)/t14-/m0/s1. The third-order valence-corrected chi connectivity index (χ3v) is 5.73. The molecule has 2 rings (SSSR count). The molecule has 156 valence electrons. The summed E-state index contributed by atoms with van der Waals surface area (Å²) in [6.07, 6.45) is 2.35. The molecule has 0 radical (unpaired) electrons. The zero-order valence-electron chi connectivity index (χ0n) is 16.0. The van der Waals surface area contributed by atoms with Gasteiger partial charge in [0.1, 0.15) is 6.04 Å². The number of aryl methyl sites for hydroxylation is 1. The number of nitrogens with one attached hydrogen (secondary N) is 1. The molecule has 1 amide bonds. The smallest absolute Gasteiger partial charge is 0.271 e. The van der Waals surface area contributed by atoms with Crippen molar-refractivity contribution >= 4 is 38.9 Å². The first-order valence-electron chi connectivity index (χ1n) is 8.85. The van der Waals surface area contributed by atoms with Crippen LogP contribution in [0, 0.1) is 10.1 Å². The van der Waals surface area contributed by atoms with Gasteiger partial charge in [0.05, 0.1) is 16.9 Å². The Bertz CT molecular complexity index is 980. The molecule has 0 saturated heterocycles. The number of anilines is 1. The molecule has 1 N–H and O–H groups in total. The van der Waals surface area contributed by atoms with Crippen molar-refractivity contribution in [1.82, 2.24) is 5.32 Å². The first-order valence-corrected chi connectivity index (χ1v) is 11.1. The Kier molecular flexibility index (Phi) is 7.58. The minimum absolute atomic E-state index is 0.0607. The summed E-state index contributed by atoms with van der Waals surface area (Å²) in [5.41, 5.74) is 0.878. The number of rotatable bonds is 9. The Balaban J connectivity index is 2.04. The first kappa shape index (κ1) is 22.6. The molecule has 0 saturated carbocycles. The number of nitro groups is 1. The van der Waals surface area contributed by atoms with Crippen LogP contribution >= 0.6 is 11.6 Å². The highest BCUT2D eigenvalue weighted by Gasteiger charge is 2.29. The Hall–Kier alpha value is -2.65. The van der Waals surface area contributed by atoms with E-state index < -0.39 is 26.9 Å². The molecule has 2 aromatic rings. The Morgan fingerprint density at radius 1 is 1.24 bits per heavy atom. The molecule has 0 unspecified atom stereocenters. The maximum Gasteiger partial charge on any atom is 0.271 e. The van der Waals surface area contributed by atoms with Gasteiger partial charge in [0.2, 0.25) is 15.9 Å². The van der Waals surface area contributed by atoms with E-state index in [1.54, 1.807) is 12.1 Å². The Morgan fingerprint density at radius 3 is 2.48 bits per heavy atom. The zero-order valence-corrected chi connectivity index (χ0v) is 17.6. The minimum atomic E-state index is -3.84. The number of nitrogens with zero attached hydrogens (tertiary/aromatic N) is 2. The lowest BCUT2D eigenvalue weighted by atomic mass is 10.1. The van der Waals surface area contributed by atoms with Gasteiger partial charge < -0.3 is 5.32 Å². The van der Waals surface area contributed by atoms with Crippen LogP contribution in [0.15, 0.2) is 48.5 Å². The van der Waals surface area contributed by atoms with Crippen LogP contribution in [0.25, 0.3) is 0 Å². The average molecular weight is 440 g/mol. The van der Waals surface area contributed by atoms with Crippen molar-refractivity contribution in [2.24, 2.45) is 0 Å². The quantitative estimate of drug-likeness (QED) is 0.366. The maximum absolute atomic E-state index is 12.5. The molecule has 0 aliphatic rings. The predicted octanol–water partition coefficient (Wildman–Crippen LogP) is 3.15. The topological polar surface area (TPSA) is 110 Å². The van der Waals surface area contributed by atoms with E-state index in [1.807, 2.05) is 12.1 Å². The third-order valence-electron chi connectivity index (χ3n) is 4.24.